The van der Waals surface area contributed by atoms with Gasteiger partial charge in [-0.3, -0.25) is 4.79 Å². The van der Waals surface area contributed by atoms with E-state index in [2.05, 4.69) is 5.32 Å². The van der Waals surface area contributed by atoms with Crippen LogP contribution in [0.25, 0.3) is 0 Å². The van der Waals surface area contributed by atoms with Crippen molar-refractivity contribution in [3.63, 3.8) is 0 Å². The van der Waals surface area contributed by atoms with E-state index in [1.165, 1.54) is 0 Å². The summed E-state index contributed by atoms with van der Waals surface area (Å²) in [7, 11) is 0. The van der Waals surface area contributed by atoms with Gasteiger partial charge in [0.15, 0.2) is 0 Å². The number of amides is 1. The fourth-order valence-electron chi connectivity index (χ4n) is 1.73. The number of ether oxygens (including phenoxy) is 1. The Bertz CT molecular complexity index is 463. The highest BCUT2D eigenvalue weighted by Crippen LogP contribution is 2.09. The van der Waals surface area contributed by atoms with Crippen molar-refractivity contribution in [2.45, 2.75) is 46.8 Å². The van der Waals surface area contributed by atoms with Gasteiger partial charge < -0.3 is 10.1 Å². The predicted molar refractivity (Wildman–Crippen MR) is 78.5 cm³/mol. The van der Waals surface area contributed by atoms with Crippen LogP contribution in [0, 0.1) is 12.8 Å². The van der Waals surface area contributed by atoms with Crippen LogP contribution in [0.3, 0.4) is 0 Å². The van der Waals surface area contributed by atoms with E-state index in [1.807, 2.05) is 32.9 Å². The van der Waals surface area contributed by atoms with E-state index in [4.69, 9.17) is 4.74 Å². The summed E-state index contributed by atoms with van der Waals surface area (Å²) in [5.41, 5.74) is 1.62. The molecule has 0 spiro atoms. The normalized spacial score (nSPS) is 12.3. The summed E-state index contributed by atoms with van der Waals surface area (Å²) in [4.78, 5) is 24.1. The summed E-state index contributed by atoms with van der Waals surface area (Å²) in [6.45, 7) is 9.29. The number of hydrogen-bond acceptors (Lipinski definition) is 3. The molecule has 1 amide bonds. The van der Waals surface area contributed by atoms with Crippen LogP contribution < -0.4 is 5.32 Å². The van der Waals surface area contributed by atoms with Crippen LogP contribution >= 0.6 is 0 Å². The Labute approximate surface area is 120 Å². The van der Waals surface area contributed by atoms with E-state index in [1.54, 1.807) is 26.0 Å². The van der Waals surface area contributed by atoms with Crippen LogP contribution in [0.5, 0.6) is 0 Å². The molecule has 0 aromatic heterocycles. The zero-order valence-corrected chi connectivity index (χ0v) is 12.8. The number of carbonyl (C=O) groups excluding carboxylic acids is 2. The molecule has 4 nitrogen and oxygen atoms in total. The Balaban J connectivity index is 2.77. The summed E-state index contributed by atoms with van der Waals surface area (Å²) in [6.07, 6.45) is -0.194. The first-order valence-electron chi connectivity index (χ1n) is 6.89. The van der Waals surface area contributed by atoms with E-state index >= 15 is 0 Å². The maximum absolute atomic E-state index is 12.1. The molecule has 110 valence electrons. The minimum Gasteiger partial charge on any atom is -0.461 e. The van der Waals surface area contributed by atoms with Gasteiger partial charge in [0.05, 0.1) is 6.10 Å². The van der Waals surface area contributed by atoms with Gasteiger partial charge in [0.2, 0.25) is 0 Å². The average molecular weight is 277 g/mol. The van der Waals surface area contributed by atoms with Crippen molar-refractivity contribution in [2.24, 2.45) is 5.92 Å². The molecular formula is C16H23NO3. The highest BCUT2D eigenvalue weighted by Gasteiger charge is 2.26. The molecule has 1 aromatic rings. The van der Waals surface area contributed by atoms with Gasteiger partial charge in [0, 0.05) is 5.56 Å². The average Bonchev–Trinajstić information content (AvgIpc) is 2.35. The Kier molecular flexibility index (Phi) is 5.74. The molecule has 0 radical (unpaired) electrons. The quantitative estimate of drug-likeness (QED) is 0.842. The fraction of sp³-hybridized carbons (Fsp3) is 0.500. The van der Waals surface area contributed by atoms with Gasteiger partial charge in [-0.25, -0.2) is 4.79 Å². The molecule has 0 saturated carbocycles. The van der Waals surface area contributed by atoms with Crippen molar-refractivity contribution in [1.82, 2.24) is 5.32 Å². The maximum atomic E-state index is 12.1. The summed E-state index contributed by atoms with van der Waals surface area (Å²) in [5, 5.41) is 2.74. The number of carbonyl (C=O) groups is 2. The summed E-state index contributed by atoms with van der Waals surface area (Å²) in [6, 6.07) is 6.59. The van der Waals surface area contributed by atoms with Crippen LogP contribution in [-0.4, -0.2) is 24.0 Å². The van der Waals surface area contributed by atoms with Gasteiger partial charge in [0.1, 0.15) is 6.04 Å². The van der Waals surface area contributed by atoms with Crippen LogP contribution in [0.4, 0.5) is 0 Å². The zero-order chi connectivity index (χ0) is 15.3. The Morgan fingerprint density at radius 1 is 1.05 bits per heavy atom. The highest BCUT2D eigenvalue weighted by molar-refractivity contribution is 5.96. The van der Waals surface area contributed by atoms with Crippen molar-refractivity contribution in [1.29, 1.82) is 0 Å². The lowest BCUT2D eigenvalue weighted by atomic mass is 10.0. The highest BCUT2D eigenvalue weighted by atomic mass is 16.5. The molecule has 0 fully saturated rings. The lowest BCUT2D eigenvalue weighted by Gasteiger charge is -2.22. The molecule has 0 aliphatic rings. The van der Waals surface area contributed by atoms with E-state index < -0.39 is 12.0 Å². The number of esters is 1. The molecule has 1 aromatic carbocycles. The smallest absolute Gasteiger partial charge is 0.329 e. The second-order valence-corrected chi connectivity index (χ2v) is 5.55. The number of rotatable bonds is 5. The standard InChI is InChI=1S/C16H23NO3/c1-10(2)14(16(19)20-11(3)4)17-15(18)13-8-6-12(5)7-9-13/h6-11,14H,1-5H3,(H,17,18). The molecule has 1 rings (SSSR count). The SMILES string of the molecule is Cc1ccc(C(=O)NC(C(=O)OC(C)C)C(C)C)cc1. The molecule has 4 heteroatoms. The molecule has 0 aliphatic carbocycles. The van der Waals surface area contributed by atoms with Crippen molar-refractivity contribution in [3.05, 3.63) is 35.4 Å². The van der Waals surface area contributed by atoms with Gasteiger partial charge in [-0.2, -0.15) is 0 Å². The number of aryl methyl sites for hydroxylation is 1. The van der Waals surface area contributed by atoms with E-state index in [0.717, 1.165) is 5.56 Å². The van der Waals surface area contributed by atoms with Crippen molar-refractivity contribution in [3.8, 4) is 0 Å². The molecule has 1 N–H and O–H groups in total. The third-order valence-corrected chi connectivity index (χ3v) is 2.87. The Hall–Kier alpha value is -1.84. The predicted octanol–water partition coefficient (Wildman–Crippen LogP) is 2.70. The van der Waals surface area contributed by atoms with Gasteiger partial charge >= 0.3 is 5.97 Å². The lowest BCUT2D eigenvalue weighted by molar-refractivity contribution is -0.150. The molecule has 0 bridgehead atoms. The molecule has 1 atom stereocenters. The van der Waals surface area contributed by atoms with Crippen molar-refractivity contribution < 1.29 is 14.3 Å². The molecule has 0 aliphatic heterocycles. The number of benzene rings is 1. The van der Waals surface area contributed by atoms with Gasteiger partial charge in [-0.1, -0.05) is 31.5 Å². The largest absolute Gasteiger partial charge is 0.461 e. The van der Waals surface area contributed by atoms with E-state index in [9.17, 15) is 9.59 Å². The van der Waals surface area contributed by atoms with Gasteiger partial charge in [-0.15, -0.1) is 0 Å². The Morgan fingerprint density at radius 2 is 1.60 bits per heavy atom. The topological polar surface area (TPSA) is 55.4 Å². The zero-order valence-electron chi connectivity index (χ0n) is 12.8. The first-order valence-corrected chi connectivity index (χ1v) is 6.89. The second-order valence-electron chi connectivity index (χ2n) is 5.55. The van der Waals surface area contributed by atoms with Crippen LogP contribution in [-0.2, 0) is 9.53 Å². The first-order chi connectivity index (χ1) is 9.31. The van der Waals surface area contributed by atoms with Crippen LogP contribution in [0.2, 0.25) is 0 Å². The maximum Gasteiger partial charge on any atom is 0.329 e. The number of hydrogen-bond donors (Lipinski definition) is 1. The lowest BCUT2D eigenvalue weighted by Crippen LogP contribution is -2.45. The van der Waals surface area contributed by atoms with E-state index in [-0.39, 0.29) is 17.9 Å². The second kappa shape index (κ2) is 7.08. The summed E-state index contributed by atoms with van der Waals surface area (Å²) in [5.74, 6) is -0.685. The third-order valence-electron chi connectivity index (χ3n) is 2.87. The van der Waals surface area contributed by atoms with Gasteiger partial charge in [0.25, 0.3) is 5.91 Å². The molecular weight excluding hydrogens is 254 g/mol. The van der Waals surface area contributed by atoms with Gasteiger partial charge in [-0.05, 0) is 38.8 Å². The summed E-state index contributed by atoms with van der Waals surface area (Å²) < 4.78 is 5.18. The monoisotopic (exact) mass is 277 g/mol. The molecule has 0 heterocycles. The molecule has 1 unspecified atom stereocenters. The van der Waals surface area contributed by atoms with E-state index in [0.29, 0.717) is 5.56 Å². The first kappa shape index (κ1) is 16.2. The van der Waals surface area contributed by atoms with Crippen LogP contribution in [0.15, 0.2) is 24.3 Å². The van der Waals surface area contributed by atoms with Crippen molar-refractivity contribution >= 4 is 11.9 Å². The minimum absolute atomic E-state index is 0.0318. The number of nitrogens with one attached hydrogen (secondary N) is 1. The van der Waals surface area contributed by atoms with Crippen LogP contribution in [0.1, 0.15) is 43.6 Å². The van der Waals surface area contributed by atoms with Crippen molar-refractivity contribution in [2.75, 3.05) is 0 Å². The summed E-state index contributed by atoms with van der Waals surface area (Å²) >= 11 is 0. The fourth-order valence-corrected chi connectivity index (χ4v) is 1.73. The third kappa shape index (κ3) is 4.68. The molecule has 0 saturated heterocycles. The molecule has 20 heavy (non-hydrogen) atoms. The minimum atomic E-state index is -0.633. The Morgan fingerprint density at radius 3 is 2.05 bits per heavy atom.